The highest BCUT2D eigenvalue weighted by Gasteiger charge is 2.23. The van der Waals surface area contributed by atoms with Crippen LogP contribution >= 0.6 is 24.0 Å². The van der Waals surface area contributed by atoms with Gasteiger partial charge in [-0.3, -0.25) is 0 Å². The monoisotopic (exact) mass is 486 g/mol. The number of para-hydroxylation sites is 2. The van der Waals surface area contributed by atoms with E-state index in [4.69, 9.17) is 10.5 Å². The summed E-state index contributed by atoms with van der Waals surface area (Å²) in [5.41, 5.74) is 8.07. The Morgan fingerprint density at radius 1 is 1.37 bits per heavy atom. The molecule has 1 saturated heterocycles. The number of rotatable bonds is 4. The minimum Gasteiger partial charge on any atom is -0.450 e. The molecule has 0 bridgehead atoms. The van der Waals surface area contributed by atoms with Crippen LogP contribution in [0, 0.1) is 0 Å². The maximum Gasteiger partial charge on any atom is 0.409 e. The third kappa shape index (κ3) is 5.24. The lowest BCUT2D eigenvalue weighted by Crippen LogP contribution is -2.48. The van der Waals surface area contributed by atoms with Crippen LogP contribution in [0.4, 0.5) is 4.79 Å². The number of carbonyl (C=O) groups excluding carboxylic acids is 1. The third-order valence-electron chi connectivity index (χ3n) is 4.64. The van der Waals surface area contributed by atoms with Crippen molar-refractivity contribution in [3.63, 3.8) is 0 Å². The number of hydrogen-bond acceptors (Lipinski definition) is 4. The molecule has 1 aliphatic heterocycles. The molecule has 148 valence electrons. The van der Waals surface area contributed by atoms with Gasteiger partial charge >= 0.3 is 6.09 Å². The summed E-state index contributed by atoms with van der Waals surface area (Å²) < 4.78 is 7.06. The van der Waals surface area contributed by atoms with Crippen LogP contribution in [0.25, 0.3) is 11.0 Å². The largest absolute Gasteiger partial charge is 0.450 e. The summed E-state index contributed by atoms with van der Waals surface area (Å²) >= 11 is 0. The number of ether oxygens (including phenoxy) is 1. The summed E-state index contributed by atoms with van der Waals surface area (Å²) in [7, 11) is 1.98. The number of aryl methyl sites for hydroxylation is 1. The van der Waals surface area contributed by atoms with Gasteiger partial charge in [0.2, 0.25) is 0 Å². The second-order valence-corrected chi connectivity index (χ2v) is 6.38. The van der Waals surface area contributed by atoms with Gasteiger partial charge in [-0.05, 0) is 31.9 Å². The summed E-state index contributed by atoms with van der Waals surface area (Å²) in [5, 5.41) is 3.25. The smallest absolute Gasteiger partial charge is 0.409 e. The van der Waals surface area contributed by atoms with Crippen molar-refractivity contribution in [3.05, 3.63) is 30.1 Å². The zero-order valence-electron chi connectivity index (χ0n) is 15.7. The highest BCUT2D eigenvalue weighted by Crippen LogP contribution is 2.15. The van der Waals surface area contributed by atoms with E-state index >= 15 is 0 Å². The summed E-state index contributed by atoms with van der Waals surface area (Å²) in [6.45, 7) is 3.96. The molecule has 3 N–H and O–H groups in total. The van der Waals surface area contributed by atoms with E-state index in [1.54, 1.807) is 4.90 Å². The van der Waals surface area contributed by atoms with E-state index in [9.17, 15) is 4.79 Å². The molecule has 1 fully saturated rings. The molecule has 0 spiro atoms. The van der Waals surface area contributed by atoms with Crippen LogP contribution in [0.15, 0.2) is 29.3 Å². The molecule has 2 heterocycles. The number of aliphatic imine (C=N–C) groups is 1. The van der Waals surface area contributed by atoms with E-state index < -0.39 is 0 Å². The molecule has 0 aliphatic carbocycles. The van der Waals surface area contributed by atoms with Crippen LogP contribution in [0.2, 0.25) is 0 Å². The Balaban J connectivity index is 0.00000261. The Kier molecular flexibility index (Phi) is 7.69. The number of guanidine groups is 1. The highest BCUT2D eigenvalue weighted by atomic mass is 127. The fourth-order valence-electron chi connectivity index (χ4n) is 3.17. The number of carbonyl (C=O) groups is 1. The fraction of sp³-hybridized carbons (Fsp3) is 0.500. The van der Waals surface area contributed by atoms with E-state index in [1.165, 1.54) is 0 Å². The van der Waals surface area contributed by atoms with Crippen LogP contribution in [-0.4, -0.2) is 52.2 Å². The average Bonchev–Trinajstić information content (AvgIpc) is 2.97. The van der Waals surface area contributed by atoms with Crippen LogP contribution < -0.4 is 11.1 Å². The van der Waals surface area contributed by atoms with Crippen molar-refractivity contribution in [1.82, 2.24) is 19.8 Å². The molecule has 2 aromatic rings. The number of nitrogens with two attached hydrogens (primary N) is 1. The van der Waals surface area contributed by atoms with Gasteiger partial charge in [-0.25, -0.2) is 14.8 Å². The summed E-state index contributed by atoms with van der Waals surface area (Å²) in [6.07, 6.45) is 1.40. The van der Waals surface area contributed by atoms with E-state index in [0.717, 1.165) is 29.7 Å². The average molecular weight is 486 g/mol. The van der Waals surface area contributed by atoms with Crippen molar-refractivity contribution in [3.8, 4) is 0 Å². The molecule has 1 aliphatic rings. The summed E-state index contributed by atoms with van der Waals surface area (Å²) in [4.78, 5) is 22.5. The minimum atomic E-state index is -0.241. The molecule has 0 saturated carbocycles. The first kappa shape index (κ1) is 21.3. The van der Waals surface area contributed by atoms with Crippen LogP contribution in [0.5, 0.6) is 0 Å². The lowest BCUT2D eigenvalue weighted by atomic mass is 10.1. The fourth-order valence-corrected chi connectivity index (χ4v) is 3.17. The van der Waals surface area contributed by atoms with Gasteiger partial charge < -0.3 is 25.3 Å². The predicted octanol–water partition coefficient (Wildman–Crippen LogP) is 2.22. The molecule has 0 unspecified atom stereocenters. The number of halogens is 1. The predicted molar refractivity (Wildman–Crippen MR) is 116 cm³/mol. The van der Waals surface area contributed by atoms with Gasteiger partial charge in [0.1, 0.15) is 12.4 Å². The van der Waals surface area contributed by atoms with Crippen LogP contribution in [0.3, 0.4) is 0 Å². The summed E-state index contributed by atoms with van der Waals surface area (Å²) in [6, 6.07) is 8.21. The molecule has 1 aromatic heterocycles. The topological polar surface area (TPSA) is 97.8 Å². The van der Waals surface area contributed by atoms with Gasteiger partial charge in [0.15, 0.2) is 5.96 Å². The number of nitrogens with one attached hydrogen (secondary N) is 1. The Hall–Kier alpha value is -2.04. The number of fused-ring (bicyclic) bond motifs is 1. The number of likely N-dealkylation sites (tertiary alicyclic amines) is 1. The van der Waals surface area contributed by atoms with Gasteiger partial charge in [-0.2, -0.15) is 0 Å². The molecule has 1 aromatic carbocycles. The van der Waals surface area contributed by atoms with Gasteiger partial charge in [0.05, 0.1) is 17.6 Å². The first-order valence-corrected chi connectivity index (χ1v) is 8.97. The molecule has 1 amide bonds. The number of amides is 1. The lowest BCUT2D eigenvalue weighted by molar-refractivity contribution is 0.0963. The van der Waals surface area contributed by atoms with Crippen LogP contribution in [-0.2, 0) is 18.3 Å². The zero-order chi connectivity index (χ0) is 18.5. The van der Waals surface area contributed by atoms with Crippen molar-refractivity contribution in [2.24, 2.45) is 17.8 Å². The van der Waals surface area contributed by atoms with Crippen molar-refractivity contribution >= 4 is 47.1 Å². The van der Waals surface area contributed by atoms with Gasteiger partial charge in [0.25, 0.3) is 0 Å². The Morgan fingerprint density at radius 3 is 2.74 bits per heavy atom. The normalized spacial score (nSPS) is 15.5. The lowest BCUT2D eigenvalue weighted by Gasteiger charge is -2.31. The number of aromatic nitrogens is 2. The molecule has 8 nitrogen and oxygen atoms in total. The Bertz CT molecular complexity index is 798. The molecule has 0 atom stereocenters. The SMILES string of the molecule is CCOC(=O)N1CCC(NC(N)=NCc2nc3ccccc3n2C)CC1.I. The zero-order valence-corrected chi connectivity index (χ0v) is 18.1. The number of hydrogen-bond donors (Lipinski definition) is 2. The summed E-state index contributed by atoms with van der Waals surface area (Å²) in [5.74, 6) is 1.28. The van der Waals surface area contributed by atoms with Gasteiger partial charge in [-0.1, -0.05) is 12.1 Å². The standard InChI is InChI=1S/C18H26N6O2.HI/c1-3-26-18(25)24-10-8-13(9-11-24)21-17(19)20-12-16-22-14-6-4-5-7-15(14)23(16)2;/h4-7,13H,3,8-12H2,1-2H3,(H3,19,20,21);1H. The second-order valence-electron chi connectivity index (χ2n) is 6.38. The highest BCUT2D eigenvalue weighted by molar-refractivity contribution is 14.0. The third-order valence-corrected chi connectivity index (χ3v) is 4.64. The number of piperidine rings is 1. The minimum absolute atomic E-state index is 0. The van der Waals surface area contributed by atoms with Gasteiger partial charge in [0, 0.05) is 26.2 Å². The molecule has 27 heavy (non-hydrogen) atoms. The first-order chi connectivity index (χ1) is 12.6. The quantitative estimate of drug-likeness (QED) is 0.393. The van der Waals surface area contributed by atoms with E-state index in [0.29, 0.717) is 32.2 Å². The molecule has 0 radical (unpaired) electrons. The molecular weight excluding hydrogens is 459 g/mol. The van der Waals surface area contributed by atoms with E-state index in [1.807, 2.05) is 42.8 Å². The molecular formula is C18H27IN6O2. The molecule has 3 rings (SSSR count). The van der Waals surface area contributed by atoms with Crippen LogP contribution in [0.1, 0.15) is 25.6 Å². The van der Waals surface area contributed by atoms with Crippen molar-refractivity contribution in [2.45, 2.75) is 32.4 Å². The number of benzene rings is 1. The number of imidazole rings is 1. The van der Waals surface area contributed by atoms with Crippen molar-refractivity contribution in [1.29, 1.82) is 0 Å². The second kappa shape index (κ2) is 9.77. The maximum absolute atomic E-state index is 11.7. The Morgan fingerprint density at radius 2 is 2.07 bits per heavy atom. The van der Waals surface area contributed by atoms with E-state index in [-0.39, 0.29) is 36.1 Å². The first-order valence-electron chi connectivity index (χ1n) is 8.97. The van der Waals surface area contributed by atoms with Crippen molar-refractivity contribution in [2.75, 3.05) is 19.7 Å². The van der Waals surface area contributed by atoms with Gasteiger partial charge in [-0.15, -0.1) is 24.0 Å². The maximum atomic E-state index is 11.7. The van der Waals surface area contributed by atoms with E-state index in [2.05, 4.69) is 15.3 Å². The molecule has 9 heteroatoms. The van der Waals surface area contributed by atoms with Crippen molar-refractivity contribution < 1.29 is 9.53 Å². The number of nitrogens with zero attached hydrogens (tertiary/aromatic N) is 4. The Labute approximate surface area is 176 Å².